The summed E-state index contributed by atoms with van der Waals surface area (Å²) < 4.78 is 21.2. The molecular formula is C17H15BrO6. The molecule has 6 nitrogen and oxygen atoms in total. The number of hydrogen-bond donors (Lipinski definition) is 0. The Morgan fingerprint density at radius 2 is 1.71 bits per heavy atom. The highest BCUT2D eigenvalue weighted by Gasteiger charge is 2.14. The first-order valence-corrected chi connectivity index (χ1v) is 7.68. The van der Waals surface area contributed by atoms with Gasteiger partial charge >= 0.3 is 11.9 Å². The molecule has 0 atom stereocenters. The van der Waals surface area contributed by atoms with Crippen molar-refractivity contribution in [2.24, 2.45) is 0 Å². The summed E-state index contributed by atoms with van der Waals surface area (Å²) in [6.07, 6.45) is 0. The number of halogens is 1. The van der Waals surface area contributed by atoms with Crippen molar-refractivity contribution < 1.29 is 28.5 Å². The van der Waals surface area contributed by atoms with Gasteiger partial charge in [-0.15, -0.1) is 0 Å². The minimum absolute atomic E-state index is 0.189. The molecule has 2 rings (SSSR count). The number of carbonyl (C=O) groups is 2. The third-order valence-electron chi connectivity index (χ3n) is 2.98. The lowest BCUT2D eigenvalue weighted by molar-refractivity contribution is -0.136. The van der Waals surface area contributed by atoms with Gasteiger partial charge in [-0.25, -0.2) is 9.59 Å². The number of ether oxygens (including phenoxy) is 4. The zero-order chi connectivity index (χ0) is 17.5. The first-order valence-electron chi connectivity index (χ1n) is 6.89. The Labute approximate surface area is 147 Å². The van der Waals surface area contributed by atoms with Gasteiger partial charge in [0.25, 0.3) is 0 Å². The third kappa shape index (κ3) is 4.73. The Morgan fingerprint density at radius 3 is 2.33 bits per heavy atom. The van der Waals surface area contributed by atoms with Gasteiger partial charge < -0.3 is 18.9 Å². The first kappa shape index (κ1) is 17.8. The maximum atomic E-state index is 11.9. The number of rotatable bonds is 6. The van der Waals surface area contributed by atoms with Gasteiger partial charge in [0.1, 0.15) is 5.75 Å². The van der Waals surface area contributed by atoms with Gasteiger partial charge in [-0.3, -0.25) is 0 Å². The van der Waals surface area contributed by atoms with Crippen LogP contribution in [0.15, 0.2) is 46.9 Å². The molecular weight excluding hydrogens is 380 g/mol. The number of carbonyl (C=O) groups excluding carboxylic acids is 2. The molecule has 126 valence electrons. The van der Waals surface area contributed by atoms with E-state index in [9.17, 15) is 9.59 Å². The summed E-state index contributed by atoms with van der Waals surface area (Å²) in [7, 11) is 2.69. The number of methoxy groups -OCH3 is 2. The fourth-order valence-corrected chi connectivity index (χ4v) is 2.09. The minimum atomic E-state index is -0.595. The van der Waals surface area contributed by atoms with E-state index in [2.05, 4.69) is 20.7 Å². The summed E-state index contributed by atoms with van der Waals surface area (Å²) in [4.78, 5) is 23.4. The Bertz CT molecular complexity index is 726. The van der Waals surface area contributed by atoms with Crippen LogP contribution in [0.4, 0.5) is 0 Å². The Hall–Kier alpha value is -2.54. The number of hydrogen-bond acceptors (Lipinski definition) is 6. The summed E-state index contributed by atoms with van der Waals surface area (Å²) in [5.41, 5.74) is 0.292. The predicted octanol–water partition coefficient (Wildman–Crippen LogP) is 3.23. The van der Waals surface area contributed by atoms with Crippen molar-refractivity contribution >= 4 is 27.9 Å². The van der Waals surface area contributed by atoms with Crippen molar-refractivity contribution in [3.63, 3.8) is 0 Å². The van der Waals surface area contributed by atoms with E-state index in [1.165, 1.54) is 32.4 Å². The third-order valence-corrected chi connectivity index (χ3v) is 3.51. The molecule has 0 fully saturated rings. The van der Waals surface area contributed by atoms with E-state index < -0.39 is 11.9 Å². The normalized spacial score (nSPS) is 9.96. The Morgan fingerprint density at radius 1 is 1.00 bits per heavy atom. The monoisotopic (exact) mass is 394 g/mol. The van der Waals surface area contributed by atoms with E-state index in [-0.39, 0.29) is 18.1 Å². The number of benzene rings is 2. The average Bonchev–Trinajstić information content (AvgIpc) is 2.60. The van der Waals surface area contributed by atoms with Gasteiger partial charge in [-0.2, -0.15) is 0 Å². The molecule has 0 saturated carbocycles. The SMILES string of the molecule is COC(=O)c1ccc(OC(=O)COc2ccc(Br)cc2)c(OC)c1. The van der Waals surface area contributed by atoms with Crippen molar-refractivity contribution in [1.29, 1.82) is 0 Å². The molecule has 24 heavy (non-hydrogen) atoms. The summed E-state index contributed by atoms with van der Waals surface area (Å²) in [5, 5.41) is 0. The molecule has 0 amide bonds. The highest BCUT2D eigenvalue weighted by atomic mass is 79.9. The summed E-state index contributed by atoms with van der Waals surface area (Å²) in [6.45, 7) is -0.260. The van der Waals surface area contributed by atoms with Crippen LogP contribution in [0.25, 0.3) is 0 Å². The Balaban J connectivity index is 2.00. The van der Waals surface area contributed by atoms with Gasteiger partial charge in [0.2, 0.25) is 0 Å². The molecule has 0 bridgehead atoms. The van der Waals surface area contributed by atoms with E-state index in [1.54, 1.807) is 24.3 Å². The van der Waals surface area contributed by atoms with E-state index in [1.807, 2.05) is 0 Å². The van der Waals surface area contributed by atoms with E-state index in [0.29, 0.717) is 11.3 Å². The maximum absolute atomic E-state index is 11.9. The molecule has 0 aliphatic rings. The molecule has 0 spiro atoms. The molecule has 7 heteroatoms. The molecule has 0 aromatic heterocycles. The van der Waals surface area contributed by atoms with Crippen LogP contribution in [0.3, 0.4) is 0 Å². The molecule has 0 radical (unpaired) electrons. The summed E-state index contributed by atoms with van der Waals surface area (Å²) in [5.74, 6) is -0.126. The first-order chi connectivity index (χ1) is 11.5. The standard InChI is InChI=1S/C17H15BrO6/c1-21-15-9-11(17(20)22-2)3-8-14(15)24-16(19)10-23-13-6-4-12(18)5-7-13/h3-9H,10H2,1-2H3. The van der Waals surface area contributed by atoms with Crippen molar-refractivity contribution in [1.82, 2.24) is 0 Å². The van der Waals surface area contributed by atoms with Crippen LogP contribution in [0.2, 0.25) is 0 Å². The molecule has 0 unspecified atom stereocenters. The second-order valence-electron chi connectivity index (χ2n) is 4.57. The predicted molar refractivity (Wildman–Crippen MR) is 89.6 cm³/mol. The highest BCUT2D eigenvalue weighted by Crippen LogP contribution is 2.28. The second kappa shape index (κ2) is 8.35. The minimum Gasteiger partial charge on any atom is -0.493 e. The molecule has 2 aromatic carbocycles. The lowest BCUT2D eigenvalue weighted by Crippen LogP contribution is -2.18. The Kier molecular flexibility index (Phi) is 6.20. The van der Waals surface area contributed by atoms with Gasteiger partial charge in [0, 0.05) is 4.47 Å². The van der Waals surface area contributed by atoms with Crippen LogP contribution in [0.5, 0.6) is 17.2 Å². The zero-order valence-corrected chi connectivity index (χ0v) is 14.7. The van der Waals surface area contributed by atoms with Crippen molar-refractivity contribution in [2.45, 2.75) is 0 Å². The van der Waals surface area contributed by atoms with Crippen LogP contribution in [0, 0.1) is 0 Å². The summed E-state index contributed by atoms with van der Waals surface area (Å²) in [6, 6.07) is 11.4. The van der Waals surface area contributed by atoms with E-state index in [0.717, 1.165) is 4.47 Å². The second-order valence-corrected chi connectivity index (χ2v) is 5.49. The maximum Gasteiger partial charge on any atom is 0.349 e. The highest BCUT2D eigenvalue weighted by molar-refractivity contribution is 9.10. The lowest BCUT2D eigenvalue weighted by atomic mass is 10.2. The lowest BCUT2D eigenvalue weighted by Gasteiger charge is -2.11. The van der Waals surface area contributed by atoms with Crippen molar-refractivity contribution in [3.8, 4) is 17.2 Å². The van der Waals surface area contributed by atoms with Gasteiger partial charge in [-0.05, 0) is 42.5 Å². The van der Waals surface area contributed by atoms with E-state index in [4.69, 9.17) is 14.2 Å². The quantitative estimate of drug-likeness (QED) is 0.553. The largest absolute Gasteiger partial charge is 0.493 e. The van der Waals surface area contributed by atoms with Crippen molar-refractivity contribution in [3.05, 3.63) is 52.5 Å². The summed E-state index contributed by atoms with van der Waals surface area (Å²) >= 11 is 3.31. The van der Waals surface area contributed by atoms with Crippen LogP contribution in [-0.2, 0) is 9.53 Å². The molecule has 0 aliphatic carbocycles. The molecule has 2 aromatic rings. The number of esters is 2. The average molecular weight is 395 g/mol. The fraction of sp³-hybridized carbons (Fsp3) is 0.176. The van der Waals surface area contributed by atoms with Crippen LogP contribution >= 0.6 is 15.9 Å². The fourth-order valence-electron chi connectivity index (χ4n) is 1.82. The van der Waals surface area contributed by atoms with Gasteiger partial charge in [-0.1, -0.05) is 15.9 Å². The van der Waals surface area contributed by atoms with Crippen LogP contribution in [-0.4, -0.2) is 32.8 Å². The van der Waals surface area contributed by atoms with E-state index >= 15 is 0 Å². The molecule has 0 saturated heterocycles. The van der Waals surface area contributed by atoms with Gasteiger partial charge in [0.15, 0.2) is 18.1 Å². The molecule has 0 N–H and O–H groups in total. The van der Waals surface area contributed by atoms with Gasteiger partial charge in [0.05, 0.1) is 19.8 Å². The molecule has 0 aliphatic heterocycles. The zero-order valence-electron chi connectivity index (χ0n) is 13.1. The van der Waals surface area contributed by atoms with Crippen LogP contribution in [0.1, 0.15) is 10.4 Å². The smallest absolute Gasteiger partial charge is 0.349 e. The topological polar surface area (TPSA) is 71.1 Å². The molecule has 0 heterocycles. The van der Waals surface area contributed by atoms with Crippen molar-refractivity contribution in [2.75, 3.05) is 20.8 Å². The van der Waals surface area contributed by atoms with Crippen LogP contribution < -0.4 is 14.2 Å².